The molecule has 2 unspecified atom stereocenters. The fraction of sp³-hybridized carbons (Fsp3) is 0.600. The van der Waals surface area contributed by atoms with E-state index in [1.54, 1.807) is 24.1 Å². The van der Waals surface area contributed by atoms with Crippen molar-refractivity contribution < 1.29 is 0 Å². The Morgan fingerprint density at radius 1 is 1.07 bits per heavy atom. The van der Waals surface area contributed by atoms with Crippen LogP contribution in [-0.4, -0.2) is 50.6 Å². The molecule has 142 valence electrons. The van der Waals surface area contributed by atoms with Crippen LogP contribution in [0.25, 0.3) is 0 Å². The third-order valence-corrected chi connectivity index (χ3v) is 6.64. The third-order valence-electron chi connectivity index (χ3n) is 6.64. The summed E-state index contributed by atoms with van der Waals surface area (Å²) in [5.74, 6) is 3.10. The molecule has 3 aliphatic rings. The summed E-state index contributed by atoms with van der Waals surface area (Å²) in [5.41, 5.74) is 2.08. The van der Waals surface area contributed by atoms with Crippen molar-refractivity contribution in [1.82, 2.24) is 24.4 Å². The zero-order valence-electron chi connectivity index (χ0n) is 15.8. The van der Waals surface area contributed by atoms with Crippen LogP contribution in [0.2, 0.25) is 0 Å². The van der Waals surface area contributed by atoms with Gasteiger partial charge in [-0.2, -0.15) is 0 Å². The first-order valence-corrected chi connectivity index (χ1v) is 9.97. The number of fused-ring (bicyclic) bond motifs is 1. The molecule has 0 amide bonds. The molecule has 0 bridgehead atoms. The van der Waals surface area contributed by atoms with Crippen molar-refractivity contribution in [3.8, 4) is 0 Å². The van der Waals surface area contributed by atoms with Gasteiger partial charge < -0.3 is 4.90 Å². The lowest BCUT2D eigenvalue weighted by Gasteiger charge is -2.26. The largest absolute Gasteiger partial charge is 0.356 e. The van der Waals surface area contributed by atoms with E-state index in [1.807, 2.05) is 6.07 Å². The van der Waals surface area contributed by atoms with E-state index in [9.17, 15) is 4.79 Å². The zero-order chi connectivity index (χ0) is 18.4. The van der Waals surface area contributed by atoms with Crippen LogP contribution in [0.5, 0.6) is 0 Å². The fourth-order valence-corrected chi connectivity index (χ4v) is 4.76. The van der Waals surface area contributed by atoms with Crippen molar-refractivity contribution >= 4 is 5.82 Å². The standard InChI is InChI=1S/C20H26N6O/c1-24-17(5-6-21-20(24)27)12-25-8-15-10-26(11-16(15)9-25)19-7-18(22-13-23-19)14-3-2-4-14/h5-7,13-16H,2-4,8-12H2,1H3. The number of likely N-dealkylation sites (tertiary alicyclic amines) is 1. The third kappa shape index (κ3) is 3.14. The SMILES string of the molecule is Cn1c(CN2CC3CN(c4cc(C5CCC5)ncn4)CC3C2)ccnc1=O. The zero-order valence-corrected chi connectivity index (χ0v) is 15.8. The number of nitrogens with zero attached hydrogens (tertiary/aromatic N) is 6. The second-order valence-corrected chi connectivity index (χ2v) is 8.33. The number of rotatable bonds is 4. The van der Waals surface area contributed by atoms with Gasteiger partial charge in [0.25, 0.3) is 0 Å². The summed E-state index contributed by atoms with van der Waals surface area (Å²) in [6.45, 7) is 5.12. The summed E-state index contributed by atoms with van der Waals surface area (Å²) >= 11 is 0. The monoisotopic (exact) mass is 366 g/mol. The molecule has 2 saturated heterocycles. The summed E-state index contributed by atoms with van der Waals surface area (Å²) in [5, 5.41) is 0. The predicted octanol–water partition coefficient (Wildman–Crippen LogP) is 1.41. The van der Waals surface area contributed by atoms with E-state index < -0.39 is 0 Å². The molecule has 7 heteroatoms. The van der Waals surface area contributed by atoms with Crippen molar-refractivity contribution in [3.05, 3.63) is 46.5 Å². The second-order valence-electron chi connectivity index (χ2n) is 8.33. The predicted molar refractivity (Wildman–Crippen MR) is 103 cm³/mol. The van der Waals surface area contributed by atoms with Crippen LogP contribution >= 0.6 is 0 Å². The van der Waals surface area contributed by atoms with Crippen LogP contribution < -0.4 is 10.6 Å². The van der Waals surface area contributed by atoms with Gasteiger partial charge in [0.05, 0.1) is 0 Å². The lowest BCUT2D eigenvalue weighted by Crippen LogP contribution is -2.31. The minimum atomic E-state index is -0.177. The maximum atomic E-state index is 11.7. The fourth-order valence-electron chi connectivity index (χ4n) is 4.76. The van der Waals surface area contributed by atoms with Gasteiger partial charge in [0.2, 0.25) is 0 Å². The van der Waals surface area contributed by atoms with E-state index in [2.05, 4.69) is 30.8 Å². The molecular formula is C20H26N6O. The van der Waals surface area contributed by atoms with Crippen molar-refractivity contribution in [2.45, 2.75) is 31.7 Å². The molecule has 1 saturated carbocycles. The summed E-state index contributed by atoms with van der Waals surface area (Å²) in [6.07, 6.45) is 7.23. The van der Waals surface area contributed by atoms with Crippen LogP contribution in [0.4, 0.5) is 5.82 Å². The molecule has 2 aliphatic heterocycles. The lowest BCUT2D eigenvalue weighted by molar-refractivity contribution is 0.300. The Kier molecular flexibility index (Phi) is 4.19. The molecule has 4 heterocycles. The highest BCUT2D eigenvalue weighted by atomic mass is 16.1. The van der Waals surface area contributed by atoms with E-state index in [4.69, 9.17) is 0 Å². The Bertz CT molecular complexity index is 878. The Hall–Kier alpha value is -2.28. The Morgan fingerprint density at radius 2 is 1.85 bits per heavy atom. The van der Waals surface area contributed by atoms with Gasteiger partial charge in [0.1, 0.15) is 12.1 Å². The van der Waals surface area contributed by atoms with Gasteiger partial charge in [-0.05, 0) is 30.7 Å². The Morgan fingerprint density at radius 3 is 2.56 bits per heavy atom. The molecule has 2 aromatic heterocycles. The Labute approximate surface area is 159 Å². The van der Waals surface area contributed by atoms with Crippen molar-refractivity contribution in [2.75, 3.05) is 31.1 Å². The molecule has 0 aromatic carbocycles. The topological polar surface area (TPSA) is 67.2 Å². The molecule has 1 aliphatic carbocycles. The molecular weight excluding hydrogens is 340 g/mol. The molecule has 5 rings (SSSR count). The molecule has 2 atom stereocenters. The molecule has 2 aromatic rings. The minimum absolute atomic E-state index is 0.177. The van der Waals surface area contributed by atoms with Crippen LogP contribution in [-0.2, 0) is 13.6 Å². The van der Waals surface area contributed by atoms with Crippen LogP contribution in [0.3, 0.4) is 0 Å². The quantitative estimate of drug-likeness (QED) is 0.815. The van der Waals surface area contributed by atoms with E-state index in [1.165, 1.54) is 25.0 Å². The molecule has 0 spiro atoms. The molecule has 27 heavy (non-hydrogen) atoms. The van der Waals surface area contributed by atoms with E-state index >= 15 is 0 Å². The van der Waals surface area contributed by atoms with Crippen LogP contribution in [0.15, 0.2) is 29.5 Å². The maximum absolute atomic E-state index is 11.7. The molecule has 0 N–H and O–H groups in total. The van der Waals surface area contributed by atoms with Crippen molar-refractivity contribution in [1.29, 1.82) is 0 Å². The summed E-state index contributed by atoms with van der Waals surface area (Å²) in [4.78, 5) is 29.5. The summed E-state index contributed by atoms with van der Waals surface area (Å²) in [6, 6.07) is 4.17. The number of hydrogen-bond donors (Lipinski definition) is 0. The first-order chi connectivity index (χ1) is 13.2. The average Bonchev–Trinajstić information content (AvgIpc) is 3.16. The average molecular weight is 366 g/mol. The molecule has 0 radical (unpaired) electrons. The normalized spacial score (nSPS) is 25.6. The van der Waals surface area contributed by atoms with Crippen LogP contribution in [0, 0.1) is 11.8 Å². The van der Waals surface area contributed by atoms with Crippen LogP contribution in [0.1, 0.15) is 36.6 Å². The van der Waals surface area contributed by atoms with Crippen molar-refractivity contribution in [2.24, 2.45) is 18.9 Å². The number of hydrogen-bond acceptors (Lipinski definition) is 6. The van der Waals surface area contributed by atoms with E-state index in [0.717, 1.165) is 44.2 Å². The summed E-state index contributed by atoms with van der Waals surface area (Å²) in [7, 11) is 1.80. The van der Waals surface area contributed by atoms with Crippen molar-refractivity contribution in [3.63, 3.8) is 0 Å². The highest BCUT2D eigenvalue weighted by molar-refractivity contribution is 5.42. The first kappa shape index (κ1) is 16.9. The smallest absolute Gasteiger partial charge is 0.347 e. The first-order valence-electron chi connectivity index (χ1n) is 9.97. The number of anilines is 1. The highest BCUT2D eigenvalue weighted by Gasteiger charge is 2.40. The van der Waals surface area contributed by atoms with Gasteiger partial charge in [0, 0.05) is 69.3 Å². The Balaban J connectivity index is 1.23. The molecule has 3 fully saturated rings. The maximum Gasteiger partial charge on any atom is 0.347 e. The van der Waals surface area contributed by atoms with E-state index in [-0.39, 0.29) is 5.69 Å². The lowest BCUT2D eigenvalue weighted by atomic mass is 9.83. The molecule has 7 nitrogen and oxygen atoms in total. The van der Waals surface area contributed by atoms with Gasteiger partial charge in [-0.25, -0.2) is 19.7 Å². The summed E-state index contributed by atoms with van der Waals surface area (Å²) < 4.78 is 1.66. The van der Waals surface area contributed by atoms with E-state index in [0.29, 0.717) is 17.8 Å². The van der Waals surface area contributed by atoms with Gasteiger partial charge in [0.15, 0.2) is 0 Å². The second kappa shape index (κ2) is 6.71. The number of aromatic nitrogens is 4. The van der Waals surface area contributed by atoms with Gasteiger partial charge in [-0.15, -0.1) is 0 Å². The van der Waals surface area contributed by atoms with Gasteiger partial charge in [-0.3, -0.25) is 9.47 Å². The van der Waals surface area contributed by atoms with Gasteiger partial charge in [-0.1, -0.05) is 6.42 Å². The minimum Gasteiger partial charge on any atom is -0.356 e. The highest BCUT2D eigenvalue weighted by Crippen LogP contribution is 2.38. The van der Waals surface area contributed by atoms with Gasteiger partial charge >= 0.3 is 5.69 Å².